The quantitative estimate of drug-likeness (QED) is 0.0470. The Labute approximate surface area is 631 Å². The van der Waals surface area contributed by atoms with Crippen LogP contribution >= 0.6 is 58.0 Å². The van der Waals surface area contributed by atoms with Gasteiger partial charge in [-0.3, -0.25) is 39.9 Å². The summed E-state index contributed by atoms with van der Waals surface area (Å²) in [6, 6.07) is 26.7. The van der Waals surface area contributed by atoms with E-state index in [-0.39, 0.29) is 41.6 Å². The van der Waals surface area contributed by atoms with Crippen LogP contribution in [0.4, 0.5) is 5.69 Å². The van der Waals surface area contributed by atoms with Crippen LogP contribution in [0.25, 0.3) is 65.6 Å². The number of halogens is 5. The van der Waals surface area contributed by atoms with Gasteiger partial charge in [-0.05, 0) is 158 Å². The molecule has 6 aromatic carbocycles. The number of hydrogen-bond acceptors (Lipinski definition) is 13. The lowest BCUT2D eigenvalue weighted by molar-refractivity contribution is -0.130. The normalized spacial score (nSPS) is 17.3. The molecular formula is C77H91Cl5N16O5S. The lowest BCUT2D eigenvalue weighted by atomic mass is 9.77. The van der Waals surface area contributed by atoms with Gasteiger partial charge in [0.2, 0.25) is 21.8 Å². The van der Waals surface area contributed by atoms with Crippen LogP contribution < -0.4 is 21.1 Å². The molecule has 0 bridgehead atoms. The van der Waals surface area contributed by atoms with Gasteiger partial charge in [0.05, 0.1) is 64.8 Å². The molecule has 10 N–H and O–H groups in total. The third-order valence-electron chi connectivity index (χ3n) is 21.5. The molecule has 2 aliphatic carbocycles. The third-order valence-corrected chi connectivity index (χ3v) is 23.3. The van der Waals surface area contributed by atoms with Crippen molar-refractivity contribution in [3.8, 4) is 11.1 Å². The largest absolute Gasteiger partial charge is 0.371 e. The molecule has 2 amide bonds. The molecule has 2 saturated carbocycles. The number of nitrogens with two attached hydrogens (primary N) is 2. The number of sulfonamides is 1. The van der Waals surface area contributed by atoms with E-state index in [1.165, 1.54) is 64.2 Å². The van der Waals surface area contributed by atoms with Gasteiger partial charge in [0.25, 0.3) is 0 Å². The minimum absolute atomic E-state index is 0.0573. The number of hydrogen-bond donors (Lipinski definition) is 8. The number of piperidine rings is 2. The fourth-order valence-corrected chi connectivity index (χ4v) is 17.3. The summed E-state index contributed by atoms with van der Waals surface area (Å²) in [6.45, 7) is 6.31. The van der Waals surface area contributed by atoms with Gasteiger partial charge in [0.1, 0.15) is 0 Å². The Morgan fingerprint density at radius 1 is 0.596 bits per heavy atom. The Hall–Kier alpha value is -7.64. The maximum atomic E-state index is 12.6. The fraction of sp³-hybridized carbons (Fsp3) is 0.429. The second kappa shape index (κ2) is 34.3. The molecule has 2 unspecified atom stereocenters. The molecule has 5 aliphatic rings. The van der Waals surface area contributed by atoms with E-state index in [2.05, 4.69) is 60.6 Å². The molecule has 21 nitrogen and oxygen atoms in total. The SMILES string of the molecule is CC(=O)N1CCC(CCC(=O)c2cc(Cl)cc3[nH]ncc23)CC1.CN1CC2(CCN(c3cc(Cl)cc4[nH]ncc34)CC2)CC1=O.CS(=O)(=O)NCc1ccc(-c2cc(Cl)cc3[nH]ncc23)cc1.NC(CC1CCCCC1)c1cc(Cl)cc2[nH]ncc12.NC(c1cc(Cl)cc2[nH]ncc12)C1CCCCC1. The Bertz CT molecular complexity index is 4890. The third kappa shape index (κ3) is 19.1. The van der Waals surface area contributed by atoms with Gasteiger partial charge < -0.3 is 26.2 Å². The molecule has 2 atom stereocenters. The van der Waals surface area contributed by atoms with Crippen LogP contribution in [-0.4, -0.2) is 133 Å². The van der Waals surface area contributed by atoms with Crippen LogP contribution in [0.15, 0.2) is 116 Å². The van der Waals surface area contributed by atoms with Crippen LogP contribution in [0.5, 0.6) is 0 Å². The molecule has 3 saturated heterocycles. The zero-order chi connectivity index (χ0) is 73.2. The topological polar surface area (TPSA) is 303 Å². The van der Waals surface area contributed by atoms with E-state index in [1.54, 1.807) is 31.5 Å². The van der Waals surface area contributed by atoms with E-state index in [0.717, 1.165) is 187 Å². The van der Waals surface area contributed by atoms with E-state index < -0.39 is 10.0 Å². The second-order valence-corrected chi connectivity index (χ2v) is 32.9. The molecule has 3 aliphatic heterocycles. The predicted molar refractivity (Wildman–Crippen MR) is 419 cm³/mol. The van der Waals surface area contributed by atoms with Gasteiger partial charge in [0, 0.05) is 147 Å². The van der Waals surface area contributed by atoms with Gasteiger partial charge in [-0.15, -0.1) is 0 Å². The van der Waals surface area contributed by atoms with Crippen LogP contribution in [0, 0.1) is 23.2 Å². The average molecular weight is 1530 g/mol. The number of nitrogens with one attached hydrogen (secondary N) is 6. The predicted octanol–water partition coefficient (Wildman–Crippen LogP) is 17.0. The standard InChI is InChI=1S/C17H20ClN3O2.C16H19ClN4O.C15H14ClN3O2S.C15H20ClN3.C14H18ClN3/c1-11(22)21-6-4-12(5-7-21)2-3-17(23)14-8-13(18)9-16-15(14)10-19-20-16;1-20-10-16(8-15(20)22)2-4-21(5-3-16)14-7-11(17)6-13-12(14)9-18-19-13;1-22(20,21)18-8-10-2-4-11(5-3-10)13-6-12(16)7-15-14(13)9-17-19-15;16-11-7-12(13-9-18-19-15(13)8-11)14(17)6-10-4-2-1-3-5-10;15-10-6-11(12-8-17-18-13(12)7-10)14(16)9-4-2-1-3-5-9/h8-10,12H,2-7H2,1H3,(H,19,20);6-7,9H,2-5,8,10H2,1H3,(H,18,19);2-7,9,18H,8H2,1H3,(H,17,19);7-10,14H,1-6,17H2,(H,18,19);6-9,14H,1-5,16H2,(H,17,18). The Kier molecular flexibility index (Phi) is 25.1. The van der Waals surface area contributed by atoms with E-state index in [0.29, 0.717) is 40.3 Å². The molecule has 1 spiro atoms. The number of ketones is 1. The van der Waals surface area contributed by atoms with Crippen LogP contribution in [0.1, 0.15) is 162 Å². The number of amides is 2. The molecule has 0 radical (unpaired) electrons. The Morgan fingerprint density at radius 2 is 1.09 bits per heavy atom. The summed E-state index contributed by atoms with van der Waals surface area (Å²) in [6.07, 6.45) is 30.5. The van der Waals surface area contributed by atoms with E-state index >= 15 is 0 Å². The first-order valence-electron chi connectivity index (χ1n) is 36.0. The van der Waals surface area contributed by atoms with Gasteiger partial charge in [-0.2, -0.15) is 25.5 Å². The average Bonchev–Trinajstić information content (AvgIpc) is 1.55. The number of Topliss-reactive ketones (excluding diaryl/α,β-unsaturated/α-hetero) is 1. The molecular weight excluding hydrogens is 1440 g/mol. The maximum absolute atomic E-state index is 12.6. The second-order valence-electron chi connectivity index (χ2n) is 28.9. The summed E-state index contributed by atoms with van der Waals surface area (Å²) in [4.78, 5) is 41.9. The number of H-pyrrole nitrogens is 5. The minimum atomic E-state index is -3.19. The van der Waals surface area contributed by atoms with Crippen molar-refractivity contribution in [3.05, 3.63) is 163 Å². The summed E-state index contributed by atoms with van der Waals surface area (Å²) in [5.74, 6) is 2.38. The number of likely N-dealkylation sites (tertiary alicyclic amines) is 2. The summed E-state index contributed by atoms with van der Waals surface area (Å²) in [5, 5.41) is 43.5. The number of aromatic nitrogens is 10. The molecule has 11 aromatic rings. The van der Waals surface area contributed by atoms with Crippen molar-refractivity contribution in [2.45, 2.75) is 141 Å². The highest BCUT2D eigenvalue weighted by atomic mass is 35.5. The fourth-order valence-electron chi connectivity index (χ4n) is 15.8. The Balaban J connectivity index is 0.000000123. The maximum Gasteiger partial charge on any atom is 0.222 e. The number of aromatic amines is 5. The molecule has 5 aromatic heterocycles. The van der Waals surface area contributed by atoms with E-state index in [1.807, 2.05) is 108 Å². The number of nitrogens with zero attached hydrogens (tertiary/aromatic N) is 8. The number of benzene rings is 6. The summed E-state index contributed by atoms with van der Waals surface area (Å²) < 4.78 is 24.7. The minimum Gasteiger partial charge on any atom is -0.371 e. The van der Waals surface area contributed by atoms with E-state index in [4.69, 9.17) is 69.5 Å². The highest BCUT2D eigenvalue weighted by Crippen LogP contribution is 2.44. The lowest BCUT2D eigenvalue weighted by Gasteiger charge is -2.40. The molecule has 27 heteroatoms. The summed E-state index contributed by atoms with van der Waals surface area (Å²) >= 11 is 30.8. The summed E-state index contributed by atoms with van der Waals surface area (Å²) in [5.41, 5.74) is 24.6. The van der Waals surface area contributed by atoms with Crippen molar-refractivity contribution < 1.29 is 22.8 Å². The van der Waals surface area contributed by atoms with Gasteiger partial charge in [-0.25, -0.2) is 13.1 Å². The number of rotatable bonds is 14. The number of fused-ring (bicyclic) bond motifs is 5. The molecule has 16 rings (SSSR count). The number of carbonyl (C=O) groups excluding carboxylic acids is 3. The van der Waals surface area contributed by atoms with Gasteiger partial charge in [-0.1, -0.05) is 134 Å². The van der Waals surface area contributed by atoms with Crippen molar-refractivity contribution in [3.63, 3.8) is 0 Å². The summed E-state index contributed by atoms with van der Waals surface area (Å²) in [7, 11) is -1.28. The van der Waals surface area contributed by atoms with Crippen molar-refractivity contribution >= 4 is 146 Å². The van der Waals surface area contributed by atoms with Gasteiger partial charge in [0.15, 0.2) is 5.78 Å². The smallest absolute Gasteiger partial charge is 0.222 e. The molecule has 8 heterocycles. The Morgan fingerprint density at radius 3 is 1.65 bits per heavy atom. The molecule has 5 fully saturated rings. The highest BCUT2D eigenvalue weighted by Gasteiger charge is 2.44. The van der Waals surface area contributed by atoms with Gasteiger partial charge >= 0.3 is 0 Å². The zero-order valence-electron chi connectivity index (χ0n) is 58.9. The first-order chi connectivity index (χ1) is 50.0. The number of carbonyl (C=O) groups is 3. The van der Waals surface area contributed by atoms with Crippen molar-refractivity contribution in [1.82, 2.24) is 65.5 Å². The number of anilines is 1. The first kappa shape index (κ1) is 76.0. The zero-order valence-corrected chi connectivity index (χ0v) is 63.5. The van der Waals surface area contributed by atoms with Crippen molar-refractivity contribution in [2.24, 2.45) is 34.6 Å². The van der Waals surface area contributed by atoms with E-state index in [9.17, 15) is 22.8 Å². The monoisotopic (exact) mass is 1530 g/mol. The molecule has 104 heavy (non-hydrogen) atoms. The highest BCUT2D eigenvalue weighted by molar-refractivity contribution is 7.88. The van der Waals surface area contributed by atoms with Crippen LogP contribution in [-0.2, 0) is 26.2 Å². The first-order valence-corrected chi connectivity index (χ1v) is 39.8. The van der Waals surface area contributed by atoms with Crippen LogP contribution in [0.2, 0.25) is 25.1 Å². The lowest BCUT2D eigenvalue weighted by Crippen LogP contribution is -2.41. The van der Waals surface area contributed by atoms with Crippen molar-refractivity contribution in [2.75, 3.05) is 50.9 Å². The van der Waals surface area contributed by atoms with Crippen LogP contribution in [0.3, 0.4) is 0 Å². The molecule has 550 valence electrons. The van der Waals surface area contributed by atoms with Crippen molar-refractivity contribution in [1.29, 1.82) is 0 Å².